The van der Waals surface area contributed by atoms with Crippen molar-refractivity contribution in [2.75, 3.05) is 12.3 Å². The first-order valence-electron chi connectivity index (χ1n) is 8.52. The molecule has 1 aliphatic carbocycles. The average molecular weight is 339 g/mol. The molecule has 1 aromatic rings. The van der Waals surface area contributed by atoms with Crippen molar-refractivity contribution in [1.29, 1.82) is 0 Å². The third kappa shape index (κ3) is 3.62. The normalized spacial score (nSPS) is 26.6. The monoisotopic (exact) mass is 339 g/mol. The van der Waals surface area contributed by atoms with Crippen molar-refractivity contribution in [2.45, 2.75) is 56.7 Å². The molecule has 128 valence electrons. The number of likely N-dealkylation sites (tertiary alicyclic amines) is 1. The first-order chi connectivity index (χ1) is 11.0. The minimum atomic E-state index is -3.34. The summed E-state index contributed by atoms with van der Waals surface area (Å²) in [5.41, 5.74) is 0. The van der Waals surface area contributed by atoms with Gasteiger partial charge in [0.2, 0.25) is 5.91 Å². The van der Waals surface area contributed by atoms with E-state index in [9.17, 15) is 13.2 Å². The summed E-state index contributed by atoms with van der Waals surface area (Å²) in [6, 6.07) is 3.54. The van der Waals surface area contributed by atoms with Gasteiger partial charge >= 0.3 is 0 Å². The number of hydrogen-bond donors (Lipinski definition) is 0. The maximum atomic E-state index is 12.7. The molecule has 1 saturated heterocycles. The van der Waals surface area contributed by atoms with Crippen molar-refractivity contribution in [3.63, 3.8) is 0 Å². The van der Waals surface area contributed by atoms with E-state index in [2.05, 4.69) is 6.92 Å². The molecule has 0 N–H and O–H groups in total. The van der Waals surface area contributed by atoms with Crippen molar-refractivity contribution in [3.8, 4) is 0 Å². The van der Waals surface area contributed by atoms with Gasteiger partial charge in [0.25, 0.3) is 0 Å². The van der Waals surface area contributed by atoms with E-state index in [0.29, 0.717) is 25.3 Å². The maximum absolute atomic E-state index is 12.7. The summed E-state index contributed by atoms with van der Waals surface area (Å²) >= 11 is 0. The van der Waals surface area contributed by atoms with E-state index < -0.39 is 9.84 Å². The Kier molecular flexibility index (Phi) is 4.80. The molecule has 2 atom stereocenters. The maximum Gasteiger partial charge on any atom is 0.238 e. The lowest BCUT2D eigenvalue weighted by Crippen LogP contribution is -2.44. The summed E-state index contributed by atoms with van der Waals surface area (Å²) in [6.07, 6.45) is 6.65. The van der Waals surface area contributed by atoms with Crippen molar-refractivity contribution in [1.82, 2.24) is 4.90 Å². The van der Waals surface area contributed by atoms with E-state index in [-0.39, 0.29) is 23.0 Å². The van der Waals surface area contributed by atoms with E-state index in [0.717, 1.165) is 31.4 Å². The molecule has 1 amide bonds. The molecular formula is C17H25NO4S. The lowest BCUT2D eigenvalue weighted by molar-refractivity contribution is -0.133. The van der Waals surface area contributed by atoms with Crippen LogP contribution in [-0.4, -0.2) is 36.8 Å². The standard InChI is InChI=1S/C17H25NO4S/c1-13-8-9-18(15(11-13)16-7-4-10-22-16)17(19)12-23(20,21)14-5-2-3-6-14/h4,7,10,13-15H,2-3,5-6,8-9,11-12H2,1H3/t13-,15-/m0/s1. The Labute approximate surface area is 138 Å². The Bertz CT molecular complexity index is 632. The highest BCUT2D eigenvalue weighted by Gasteiger charge is 2.37. The van der Waals surface area contributed by atoms with Gasteiger partial charge in [-0.1, -0.05) is 19.8 Å². The Morgan fingerprint density at radius 3 is 2.70 bits per heavy atom. The number of nitrogens with zero attached hydrogens (tertiary/aromatic N) is 1. The largest absolute Gasteiger partial charge is 0.467 e. The molecule has 5 nitrogen and oxygen atoms in total. The van der Waals surface area contributed by atoms with Crippen molar-refractivity contribution in [2.24, 2.45) is 5.92 Å². The van der Waals surface area contributed by atoms with Crippen molar-refractivity contribution in [3.05, 3.63) is 24.2 Å². The second-order valence-electron chi connectivity index (χ2n) is 6.96. The van der Waals surface area contributed by atoms with Gasteiger partial charge in [-0.15, -0.1) is 0 Å². The van der Waals surface area contributed by atoms with Crippen LogP contribution in [0.1, 0.15) is 57.3 Å². The molecule has 2 aliphatic rings. The fourth-order valence-corrected chi connectivity index (χ4v) is 5.61. The molecule has 0 aromatic carbocycles. The van der Waals surface area contributed by atoms with E-state index in [1.54, 1.807) is 11.2 Å². The first-order valence-corrected chi connectivity index (χ1v) is 10.2. The highest BCUT2D eigenvalue weighted by Crippen LogP contribution is 2.35. The van der Waals surface area contributed by atoms with E-state index >= 15 is 0 Å². The van der Waals surface area contributed by atoms with Crippen LogP contribution in [0.5, 0.6) is 0 Å². The summed E-state index contributed by atoms with van der Waals surface area (Å²) in [6.45, 7) is 2.76. The van der Waals surface area contributed by atoms with Crippen LogP contribution in [-0.2, 0) is 14.6 Å². The zero-order valence-corrected chi connectivity index (χ0v) is 14.4. The number of furan rings is 1. The molecule has 0 bridgehead atoms. The highest BCUT2D eigenvalue weighted by molar-refractivity contribution is 7.92. The predicted octanol–water partition coefficient (Wildman–Crippen LogP) is 2.94. The van der Waals surface area contributed by atoms with Crippen LogP contribution in [0, 0.1) is 5.92 Å². The van der Waals surface area contributed by atoms with Crippen LogP contribution in [0.3, 0.4) is 0 Å². The fraction of sp³-hybridized carbons (Fsp3) is 0.706. The number of carbonyl (C=O) groups is 1. The van der Waals surface area contributed by atoms with Gasteiger partial charge in [-0.05, 0) is 43.7 Å². The Balaban J connectivity index is 1.74. The van der Waals surface area contributed by atoms with E-state index in [1.165, 1.54) is 0 Å². The average Bonchev–Trinajstić information content (AvgIpc) is 3.20. The highest BCUT2D eigenvalue weighted by atomic mass is 32.2. The second-order valence-corrected chi connectivity index (χ2v) is 9.24. The third-order valence-electron chi connectivity index (χ3n) is 5.19. The van der Waals surface area contributed by atoms with Crippen LogP contribution in [0.4, 0.5) is 0 Å². The number of amides is 1. The summed E-state index contributed by atoms with van der Waals surface area (Å²) in [5.74, 6) is 0.623. The molecule has 0 unspecified atom stereocenters. The lowest BCUT2D eigenvalue weighted by Gasteiger charge is -2.37. The van der Waals surface area contributed by atoms with Crippen LogP contribution in [0.2, 0.25) is 0 Å². The van der Waals surface area contributed by atoms with Crippen LogP contribution < -0.4 is 0 Å². The number of piperidine rings is 1. The zero-order valence-electron chi connectivity index (χ0n) is 13.6. The minimum absolute atomic E-state index is 0.139. The quantitative estimate of drug-likeness (QED) is 0.846. The fourth-order valence-electron chi connectivity index (χ4n) is 3.81. The van der Waals surface area contributed by atoms with Crippen LogP contribution in [0.25, 0.3) is 0 Å². The minimum Gasteiger partial charge on any atom is -0.467 e. The number of rotatable bonds is 4. The molecule has 23 heavy (non-hydrogen) atoms. The molecule has 1 saturated carbocycles. The van der Waals surface area contributed by atoms with Crippen molar-refractivity contribution >= 4 is 15.7 Å². The summed E-state index contributed by atoms with van der Waals surface area (Å²) < 4.78 is 30.4. The third-order valence-corrected chi connectivity index (χ3v) is 7.33. The molecule has 6 heteroatoms. The van der Waals surface area contributed by atoms with Gasteiger partial charge in [0.1, 0.15) is 11.5 Å². The lowest BCUT2D eigenvalue weighted by atomic mass is 9.91. The topological polar surface area (TPSA) is 67.6 Å². The predicted molar refractivity (Wildman–Crippen MR) is 87.6 cm³/mol. The van der Waals surface area contributed by atoms with Gasteiger partial charge < -0.3 is 9.32 Å². The molecule has 0 radical (unpaired) electrons. The Morgan fingerprint density at radius 2 is 2.04 bits per heavy atom. The molecule has 1 aromatic heterocycles. The molecule has 2 fully saturated rings. The Hall–Kier alpha value is -1.30. The van der Waals surface area contributed by atoms with Crippen molar-refractivity contribution < 1.29 is 17.6 Å². The van der Waals surface area contributed by atoms with Crippen LogP contribution >= 0.6 is 0 Å². The molecule has 3 rings (SSSR count). The first kappa shape index (κ1) is 16.6. The van der Waals surface area contributed by atoms with Gasteiger partial charge in [-0.3, -0.25) is 4.79 Å². The van der Waals surface area contributed by atoms with E-state index in [1.807, 2.05) is 12.1 Å². The van der Waals surface area contributed by atoms with Gasteiger partial charge in [0, 0.05) is 6.54 Å². The summed E-state index contributed by atoms with van der Waals surface area (Å²) in [4.78, 5) is 14.4. The van der Waals surface area contributed by atoms with E-state index in [4.69, 9.17) is 4.42 Å². The molecule has 2 heterocycles. The molecule has 0 spiro atoms. The number of hydrogen-bond acceptors (Lipinski definition) is 4. The number of carbonyl (C=O) groups excluding carboxylic acids is 1. The summed E-state index contributed by atoms with van der Waals surface area (Å²) in [7, 11) is -3.34. The van der Waals surface area contributed by atoms with Crippen LogP contribution in [0.15, 0.2) is 22.8 Å². The van der Waals surface area contributed by atoms with Gasteiger partial charge in [0.15, 0.2) is 9.84 Å². The SMILES string of the molecule is C[C@H]1CCN(C(=O)CS(=O)(=O)C2CCCC2)[C@H](c2ccco2)C1. The summed E-state index contributed by atoms with van der Waals surface area (Å²) in [5, 5.41) is -0.322. The number of sulfone groups is 1. The second kappa shape index (κ2) is 6.67. The smallest absolute Gasteiger partial charge is 0.238 e. The van der Waals surface area contributed by atoms with Gasteiger partial charge in [0.05, 0.1) is 17.6 Å². The molecule has 1 aliphatic heterocycles. The Morgan fingerprint density at radius 1 is 1.30 bits per heavy atom. The zero-order chi connectivity index (χ0) is 16.4. The van der Waals surface area contributed by atoms with Gasteiger partial charge in [-0.2, -0.15) is 0 Å². The van der Waals surface area contributed by atoms with Gasteiger partial charge in [-0.25, -0.2) is 8.42 Å². The molecular weight excluding hydrogens is 314 g/mol.